The van der Waals surface area contributed by atoms with Gasteiger partial charge in [-0.2, -0.15) is 0 Å². The Kier molecular flexibility index (Phi) is 10.0. The molecular formula is C31H40N2O6. The Morgan fingerprint density at radius 3 is 2.36 bits per heavy atom. The zero-order valence-corrected chi connectivity index (χ0v) is 23.3. The number of aryl methyl sites for hydroxylation is 1. The standard InChI is InChI=1S/C31H40N2O6/c1-4-6-7-18-39-24-10-8-23(9-11-24)28-27(29(34)26-13-12-25(38-5-2)21-22(26)3)30(35)31(36)33(28)15-14-32-16-19-37-20-17-32/h8-13,21,28,34H,4-7,14-20H2,1-3H3/b29-27+. The van der Waals surface area contributed by atoms with E-state index in [2.05, 4.69) is 11.8 Å². The van der Waals surface area contributed by atoms with Crippen molar-refractivity contribution in [2.45, 2.75) is 46.1 Å². The molecule has 0 aromatic heterocycles. The quantitative estimate of drug-likeness (QED) is 0.182. The fourth-order valence-corrected chi connectivity index (χ4v) is 5.12. The fourth-order valence-electron chi connectivity index (χ4n) is 5.12. The second-order valence-electron chi connectivity index (χ2n) is 9.98. The van der Waals surface area contributed by atoms with Gasteiger partial charge in [0, 0.05) is 31.7 Å². The van der Waals surface area contributed by atoms with Crippen molar-refractivity contribution in [2.75, 3.05) is 52.6 Å². The van der Waals surface area contributed by atoms with E-state index in [1.54, 1.807) is 17.0 Å². The maximum Gasteiger partial charge on any atom is 0.295 e. The summed E-state index contributed by atoms with van der Waals surface area (Å²) in [5.74, 6) is -0.0234. The largest absolute Gasteiger partial charge is 0.507 e. The molecule has 2 aromatic carbocycles. The normalized spacial score (nSPS) is 19.5. The zero-order chi connectivity index (χ0) is 27.8. The second kappa shape index (κ2) is 13.6. The van der Waals surface area contributed by atoms with Crippen LogP contribution in [-0.4, -0.2) is 79.2 Å². The summed E-state index contributed by atoms with van der Waals surface area (Å²) in [4.78, 5) is 30.6. The molecule has 1 atom stereocenters. The zero-order valence-electron chi connectivity index (χ0n) is 23.3. The highest BCUT2D eigenvalue weighted by Gasteiger charge is 2.46. The van der Waals surface area contributed by atoms with E-state index in [-0.39, 0.29) is 11.3 Å². The lowest BCUT2D eigenvalue weighted by atomic mass is 9.94. The van der Waals surface area contributed by atoms with Crippen molar-refractivity contribution in [3.8, 4) is 11.5 Å². The summed E-state index contributed by atoms with van der Waals surface area (Å²) < 4.78 is 16.9. The Balaban J connectivity index is 1.67. The smallest absolute Gasteiger partial charge is 0.295 e. The summed E-state index contributed by atoms with van der Waals surface area (Å²) in [6.45, 7) is 10.9. The molecule has 2 saturated heterocycles. The summed E-state index contributed by atoms with van der Waals surface area (Å²) >= 11 is 0. The molecule has 0 radical (unpaired) electrons. The number of likely N-dealkylation sites (tertiary alicyclic amines) is 1. The average Bonchev–Trinajstić information content (AvgIpc) is 3.20. The first kappa shape index (κ1) is 28.6. The van der Waals surface area contributed by atoms with Crippen LogP contribution in [0.25, 0.3) is 5.76 Å². The second-order valence-corrected chi connectivity index (χ2v) is 9.98. The number of nitrogens with zero attached hydrogens (tertiary/aromatic N) is 2. The molecular weight excluding hydrogens is 496 g/mol. The first-order chi connectivity index (χ1) is 18.9. The number of ketones is 1. The van der Waals surface area contributed by atoms with E-state index >= 15 is 0 Å². The number of morpholine rings is 1. The molecule has 0 spiro atoms. The van der Waals surface area contributed by atoms with Crippen LogP contribution < -0.4 is 9.47 Å². The van der Waals surface area contributed by atoms with Gasteiger partial charge in [-0.05, 0) is 61.7 Å². The number of carbonyl (C=O) groups excluding carboxylic acids is 2. The Hall–Kier alpha value is -3.36. The average molecular weight is 537 g/mol. The molecule has 210 valence electrons. The van der Waals surface area contributed by atoms with Crippen LogP contribution in [0.4, 0.5) is 0 Å². The van der Waals surface area contributed by atoms with Gasteiger partial charge in [0.1, 0.15) is 17.3 Å². The van der Waals surface area contributed by atoms with Crippen molar-refractivity contribution in [2.24, 2.45) is 0 Å². The number of Topliss-reactive ketones (excluding diaryl/α,β-unsaturated/α-hetero) is 1. The molecule has 0 aliphatic carbocycles. The molecule has 2 heterocycles. The lowest BCUT2D eigenvalue weighted by Crippen LogP contribution is -2.42. The highest BCUT2D eigenvalue weighted by atomic mass is 16.5. The monoisotopic (exact) mass is 536 g/mol. The van der Waals surface area contributed by atoms with Gasteiger partial charge in [-0.15, -0.1) is 0 Å². The summed E-state index contributed by atoms with van der Waals surface area (Å²) in [5.41, 5.74) is 2.12. The predicted octanol–water partition coefficient (Wildman–Crippen LogP) is 4.72. The van der Waals surface area contributed by atoms with Crippen LogP contribution in [0.3, 0.4) is 0 Å². The van der Waals surface area contributed by atoms with Gasteiger partial charge in [0.15, 0.2) is 0 Å². The molecule has 4 rings (SSSR count). The van der Waals surface area contributed by atoms with E-state index in [1.807, 2.05) is 44.2 Å². The third kappa shape index (κ3) is 6.81. The summed E-state index contributed by atoms with van der Waals surface area (Å²) in [7, 11) is 0. The van der Waals surface area contributed by atoms with Crippen LogP contribution in [0.5, 0.6) is 11.5 Å². The molecule has 1 N–H and O–H groups in total. The van der Waals surface area contributed by atoms with Crippen molar-refractivity contribution < 1.29 is 28.9 Å². The topological polar surface area (TPSA) is 88.5 Å². The number of aliphatic hydroxyl groups excluding tert-OH is 1. The number of ether oxygens (including phenoxy) is 3. The molecule has 39 heavy (non-hydrogen) atoms. The van der Waals surface area contributed by atoms with Gasteiger partial charge >= 0.3 is 0 Å². The number of carbonyl (C=O) groups is 2. The molecule has 1 amide bonds. The minimum absolute atomic E-state index is 0.103. The van der Waals surface area contributed by atoms with Crippen LogP contribution in [0.15, 0.2) is 48.0 Å². The Bertz CT molecular complexity index is 1170. The number of rotatable bonds is 12. The van der Waals surface area contributed by atoms with Crippen LogP contribution in [0.2, 0.25) is 0 Å². The van der Waals surface area contributed by atoms with Gasteiger partial charge in [0.2, 0.25) is 0 Å². The first-order valence-electron chi connectivity index (χ1n) is 14.0. The lowest BCUT2D eigenvalue weighted by Gasteiger charge is -2.31. The maximum absolute atomic E-state index is 13.4. The number of benzene rings is 2. The van der Waals surface area contributed by atoms with Crippen LogP contribution in [0, 0.1) is 6.92 Å². The molecule has 1 unspecified atom stereocenters. The molecule has 2 aromatic rings. The predicted molar refractivity (Wildman–Crippen MR) is 150 cm³/mol. The summed E-state index contributed by atoms with van der Waals surface area (Å²) in [6, 6.07) is 12.1. The minimum atomic E-state index is -0.703. The third-order valence-corrected chi connectivity index (χ3v) is 7.28. The molecule has 2 aliphatic heterocycles. The van der Waals surface area contributed by atoms with Crippen molar-refractivity contribution in [1.29, 1.82) is 0 Å². The summed E-state index contributed by atoms with van der Waals surface area (Å²) in [5, 5.41) is 11.5. The number of unbranched alkanes of at least 4 members (excludes halogenated alkanes) is 2. The van der Waals surface area contributed by atoms with Gasteiger partial charge in [-0.25, -0.2) is 0 Å². The van der Waals surface area contributed by atoms with Crippen molar-refractivity contribution in [3.63, 3.8) is 0 Å². The van der Waals surface area contributed by atoms with Gasteiger partial charge in [0.25, 0.3) is 11.7 Å². The van der Waals surface area contributed by atoms with Crippen molar-refractivity contribution >= 4 is 17.4 Å². The SMILES string of the molecule is CCCCCOc1ccc(C2/C(=C(\O)c3ccc(OCC)cc3C)C(=O)C(=O)N2CCN2CCOCC2)cc1. The minimum Gasteiger partial charge on any atom is -0.507 e. The molecule has 2 aliphatic rings. The third-order valence-electron chi connectivity index (χ3n) is 7.28. The van der Waals surface area contributed by atoms with Crippen LogP contribution >= 0.6 is 0 Å². The van der Waals surface area contributed by atoms with Crippen molar-refractivity contribution in [3.05, 3.63) is 64.7 Å². The lowest BCUT2D eigenvalue weighted by molar-refractivity contribution is -0.140. The van der Waals surface area contributed by atoms with Crippen LogP contribution in [-0.2, 0) is 14.3 Å². The number of amides is 1. The number of aliphatic hydroxyl groups is 1. The van der Waals surface area contributed by atoms with Crippen LogP contribution in [0.1, 0.15) is 55.8 Å². The first-order valence-corrected chi connectivity index (χ1v) is 14.0. The number of hydrogen-bond acceptors (Lipinski definition) is 7. The van der Waals surface area contributed by atoms with E-state index in [1.165, 1.54) is 0 Å². The highest BCUT2D eigenvalue weighted by molar-refractivity contribution is 6.46. The van der Waals surface area contributed by atoms with Crippen molar-refractivity contribution in [1.82, 2.24) is 9.80 Å². The fraction of sp³-hybridized carbons (Fsp3) is 0.484. The van der Waals surface area contributed by atoms with E-state index in [9.17, 15) is 14.7 Å². The highest BCUT2D eigenvalue weighted by Crippen LogP contribution is 2.40. The molecule has 8 heteroatoms. The van der Waals surface area contributed by atoms with Gasteiger partial charge in [0.05, 0.1) is 38.0 Å². The van der Waals surface area contributed by atoms with E-state index in [4.69, 9.17) is 14.2 Å². The molecule has 8 nitrogen and oxygen atoms in total. The number of hydrogen-bond donors (Lipinski definition) is 1. The Morgan fingerprint density at radius 2 is 1.69 bits per heavy atom. The molecule has 0 bridgehead atoms. The maximum atomic E-state index is 13.4. The summed E-state index contributed by atoms with van der Waals surface area (Å²) in [6.07, 6.45) is 3.22. The van der Waals surface area contributed by atoms with E-state index < -0.39 is 17.7 Å². The Morgan fingerprint density at radius 1 is 0.974 bits per heavy atom. The van der Waals surface area contributed by atoms with E-state index in [0.717, 1.165) is 49.2 Å². The van der Waals surface area contributed by atoms with Gasteiger partial charge < -0.3 is 24.2 Å². The Labute approximate surface area is 231 Å². The van der Waals surface area contributed by atoms with Gasteiger partial charge in [-0.1, -0.05) is 31.9 Å². The van der Waals surface area contributed by atoms with Gasteiger partial charge in [-0.3, -0.25) is 14.5 Å². The molecule has 0 saturated carbocycles. The molecule has 2 fully saturated rings. The van der Waals surface area contributed by atoms with E-state index in [0.29, 0.717) is 50.8 Å².